The molecule has 5 saturated carbocycles. The number of carbonyl (C=O) groups excluding carboxylic acids is 1. The average molecular weight is 704 g/mol. The van der Waals surface area contributed by atoms with E-state index in [9.17, 15) is 15.0 Å². The number of esters is 1. The first-order valence-electron chi connectivity index (χ1n) is 19.9. The number of ether oxygens (including phenoxy) is 5. The van der Waals surface area contributed by atoms with E-state index >= 15 is 0 Å². The molecule has 286 valence electrons. The van der Waals surface area contributed by atoms with Gasteiger partial charge in [-0.25, -0.2) is 0 Å². The molecule has 9 heteroatoms. The van der Waals surface area contributed by atoms with E-state index in [2.05, 4.69) is 53.4 Å². The first-order valence-corrected chi connectivity index (χ1v) is 19.9. The van der Waals surface area contributed by atoms with Crippen molar-refractivity contribution >= 4 is 5.97 Å². The fourth-order valence-corrected chi connectivity index (χ4v) is 14.3. The Balaban J connectivity index is 1.10. The van der Waals surface area contributed by atoms with Crippen LogP contribution in [0.15, 0.2) is 0 Å². The molecule has 14 unspecified atom stereocenters. The van der Waals surface area contributed by atoms with Crippen LogP contribution in [0.4, 0.5) is 0 Å². The van der Waals surface area contributed by atoms with Gasteiger partial charge in [0, 0.05) is 39.1 Å². The number of hydrogen-bond acceptors (Lipinski definition) is 9. The number of hydrogen-bond donors (Lipinski definition) is 2. The molecule has 2 heterocycles. The summed E-state index contributed by atoms with van der Waals surface area (Å²) >= 11 is 0. The summed E-state index contributed by atoms with van der Waals surface area (Å²) in [6.07, 6.45) is 6.58. The molecule has 50 heavy (non-hydrogen) atoms. The van der Waals surface area contributed by atoms with Gasteiger partial charge in [-0.15, -0.1) is 0 Å². The van der Waals surface area contributed by atoms with Crippen LogP contribution < -0.4 is 0 Å². The molecule has 2 aliphatic heterocycles. The van der Waals surface area contributed by atoms with Gasteiger partial charge in [0.1, 0.15) is 0 Å². The highest BCUT2D eigenvalue weighted by molar-refractivity contribution is 5.66. The molecule has 2 saturated heterocycles. The third-order valence-corrected chi connectivity index (χ3v) is 16.7. The molecule has 9 nitrogen and oxygen atoms in total. The fraction of sp³-hybridized carbons (Fsp3) is 0.976. The molecule has 7 fully saturated rings. The van der Waals surface area contributed by atoms with E-state index in [1.54, 1.807) is 21.0 Å². The van der Waals surface area contributed by atoms with Gasteiger partial charge in [-0.2, -0.15) is 0 Å². The fourth-order valence-electron chi connectivity index (χ4n) is 14.3. The molecule has 0 aromatic carbocycles. The smallest absolute Gasteiger partial charge is 0.303 e. The average Bonchev–Trinajstić information content (AvgIpc) is 3.65. The normalized spacial score (nSPS) is 49.1. The minimum absolute atomic E-state index is 0.0295. The largest absolute Gasteiger partial charge is 0.457 e. The zero-order valence-electron chi connectivity index (χ0n) is 33.0. The maximum atomic E-state index is 12.6. The van der Waals surface area contributed by atoms with Gasteiger partial charge < -0.3 is 33.9 Å². The van der Waals surface area contributed by atoms with Crippen molar-refractivity contribution in [3.63, 3.8) is 0 Å². The summed E-state index contributed by atoms with van der Waals surface area (Å²) in [5, 5.41) is 23.7. The topological polar surface area (TPSA) is 107 Å². The van der Waals surface area contributed by atoms with Crippen molar-refractivity contribution in [2.24, 2.45) is 50.7 Å². The number of morpholine rings is 1. The monoisotopic (exact) mass is 704 g/mol. The van der Waals surface area contributed by atoms with Crippen LogP contribution in [0.3, 0.4) is 0 Å². The highest BCUT2D eigenvalue weighted by Crippen LogP contribution is 2.89. The van der Waals surface area contributed by atoms with E-state index in [0.29, 0.717) is 30.3 Å². The second-order valence-corrected chi connectivity index (χ2v) is 20.4. The standard InChI is InChI=1S/C41H69NO8/c1-24-20-26(34(37(7,8)45)48-25(2)43)49-32-31(24)38(9)16-17-41-22-40(41)15-14-29(50-30-21-42(18-19-47-30)23-35(3,4)46-11)36(5,6)27(40)12-13-28(41)39(38,10)33(32)44/h24,26-34,44-45H,12-23H2,1-11H3. The summed E-state index contributed by atoms with van der Waals surface area (Å²) in [6, 6.07) is 0. The van der Waals surface area contributed by atoms with Crippen LogP contribution >= 0.6 is 0 Å². The van der Waals surface area contributed by atoms with Crippen LogP contribution in [0.25, 0.3) is 0 Å². The Kier molecular flexibility index (Phi) is 9.07. The van der Waals surface area contributed by atoms with E-state index in [0.717, 1.165) is 38.9 Å². The molecule has 14 atom stereocenters. The molecular formula is C41H69NO8. The molecule has 2 N–H and O–H groups in total. The third-order valence-electron chi connectivity index (χ3n) is 16.7. The summed E-state index contributed by atoms with van der Waals surface area (Å²) in [4.78, 5) is 14.5. The Morgan fingerprint density at radius 2 is 1.70 bits per heavy atom. The Hall–Kier alpha value is -0.810. The number of carbonyl (C=O) groups is 1. The van der Waals surface area contributed by atoms with Crippen molar-refractivity contribution in [2.45, 2.75) is 169 Å². The highest BCUT2D eigenvalue weighted by atomic mass is 16.7. The second kappa shape index (κ2) is 12.1. The van der Waals surface area contributed by atoms with Crippen LogP contribution in [0, 0.1) is 50.7 Å². The molecule has 0 aromatic rings. The Morgan fingerprint density at radius 1 is 1.02 bits per heavy atom. The van der Waals surface area contributed by atoms with Crippen molar-refractivity contribution in [3.8, 4) is 0 Å². The summed E-state index contributed by atoms with van der Waals surface area (Å²) in [5.74, 6) is 1.08. The maximum Gasteiger partial charge on any atom is 0.303 e. The molecule has 2 spiro atoms. The first-order chi connectivity index (χ1) is 23.2. The van der Waals surface area contributed by atoms with Crippen LogP contribution in [0.5, 0.6) is 0 Å². The molecule has 0 amide bonds. The lowest BCUT2D eigenvalue weighted by atomic mass is 9.41. The van der Waals surface area contributed by atoms with Crippen molar-refractivity contribution in [3.05, 3.63) is 0 Å². The van der Waals surface area contributed by atoms with Gasteiger partial charge >= 0.3 is 5.97 Å². The van der Waals surface area contributed by atoms with Crippen molar-refractivity contribution in [1.82, 2.24) is 4.90 Å². The number of methoxy groups -OCH3 is 1. The summed E-state index contributed by atoms with van der Waals surface area (Å²) in [7, 11) is 1.79. The summed E-state index contributed by atoms with van der Waals surface area (Å²) in [6.45, 7) is 24.4. The summed E-state index contributed by atoms with van der Waals surface area (Å²) in [5.41, 5.74) is -1.22. The Labute approximate surface area is 301 Å². The zero-order chi connectivity index (χ0) is 36.4. The Morgan fingerprint density at radius 3 is 2.36 bits per heavy atom. The highest BCUT2D eigenvalue weighted by Gasteiger charge is 2.84. The molecule has 0 radical (unpaired) electrons. The van der Waals surface area contributed by atoms with E-state index in [-0.39, 0.29) is 57.6 Å². The van der Waals surface area contributed by atoms with Crippen molar-refractivity contribution in [2.75, 3.05) is 33.4 Å². The van der Waals surface area contributed by atoms with Crippen molar-refractivity contribution in [1.29, 1.82) is 0 Å². The Bertz CT molecular complexity index is 1310. The molecule has 7 aliphatic rings. The lowest BCUT2D eigenvalue weighted by molar-refractivity contribution is -0.250. The number of fused-ring (bicyclic) bond motifs is 4. The predicted octanol–water partition coefficient (Wildman–Crippen LogP) is 5.97. The molecule has 7 rings (SSSR count). The molecule has 0 aromatic heterocycles. The van der Waals surface area contributed by atoms with Gasteiger partial charge in [0.2, 0.25) is 0 Å². The number of nitrogens with zero attached hydrogens (tertiary/aromatic N) is 1. The van der Waals surface area contributed by atoms with E-state index in [4.69, 9.17) is 23.7 Å². The minimum atomic E-state index is -1.26. The number of aliphatic hydroxyl groups is 2. The number of aliphatic hydroxyl groups excluding tert-OH is 1. The zero-order valence-corrected chi connectivity index (χ0v) is 33.0. The van der Waals surface area contributed by atoms with Crippen LogP contribution in [-0.4, -0.2) is 102 Å². The second-order valence-electron chi connectivity index (χ2n) is 20.4. The van der Waals surface area contributed by atoms with Crippen LogP contribution in [0.2, 0.25) is 0 Å². The lowest BCUT2D eigenvalue weighted by Crippen LogP contribution is -2.60. The quantitative estimate of drug-likeness (QED) is 0.296. The van der Waals surface area contributed by atoms with Gasteiger partial charge in [0.15, 0.2) is 12.4 Å². The van der Waals surface area contributed by atoms with Crippen LogP contribution in [-0.2, 0) is 28.5 Å². The lowest BCUT2D eigenvalue weighted by Gasteiger charge is -2.64. The molecular weight excluding hydrogens is 634 g/mol. The van der Waals surface area contributed by atoms with Gasteiger partial charge in [0.05, 0.1) is 42.2 Å². The maximum absolute atomic E-state index is 12.6. The van der Waals surface area contributed by atoms with Crippen molar-refractivity contribution < 1.29 is 38.7 Å². The first kappa shape index (κ1) is 37.5. The molecule has 5 aliphatic carbocycles. The number of rotatable bonds is 8. The van der Waals surface area contributed by atoms with E-state index in [1.807, 2.05) is 0 Å². The predicted molar refractivity (Wildman–Crippen MR) is 190 cm³/mol. The SMILES string of the molecule is COC(C)(C)CN1CCOC(OC2CCC34CC35CCC3(C)C6C(C)CC(C(OC(C)=O)C(C)(C)O)OC6C(O)C3(C)C5CCC4C2(C)C)C1. The van der Waals surface area contributed by atoms with Gasteiger partial charge in [-0.05, 0) is 124 Å². The van der Waals surface area contributed by atoms with Gasteiger partial charge in [-0.1, -0.05) is 34.6 Å². The van der Waals surface area contributed by atoms with E-state index < -0.39 is 29.9 Å². The minimum Gasteiger partial charge on any atom is -0.457 e. The molecule has 0 bridgehead atoms. The van der Waals surface area contributed by atoms with Gasteiger partial charge in [0.25, 0.3) is 0 Å². The summed E-state index contributed by atoms with van der Waals surface area (Å²) < 4.78 is 31.5. The third kappa shape index (κ3) is 5.35. The van der Waals surface area contributed by atoms with E-state index in [1.165, 1.54) is 32.6 Å². The van der Waals surface area contributed by atoms with Gasteiger partial charge in [-0.3, -0.25) is 9.69 Å². The van der Waals surface area contributed by atoms with Crippen LogP contribution in [0.1, 0.15) is 121 Å².